The lowest BCUT2D eigenvalue weighted by atomic mass is 10.1. The second-order valence-corrected chi connectivity index (χ2v) is 5.26. The predicted octanol–water partition coefficient (Wildman–Crippen LogP) is 3.77. The van der Waals surface area contributed by atoms with Crippen molar-refractivity contribution in [3.63, 3.8) is 0 Å². The Kier molecular flexibility index (Phi) is 3.66. The van der Waals surface area contributed by atoms with Crippen LogP contribution in [0.25, 0.3) is 11.3 Å². The highest BCUT2D eigenvalue weighted by Crippen LogP contribution is 2.26. The van der Waals surface area contributed by atoms with Gasteiger partial charge in [0.05, 0.1) is 11.2 Å². The molecule has 1 heterocycles. The largest absolute Gasteiger partial charge is 0.508 e. The van der Waals surface area contributed by atoms with E-state index >= 15 is 0 Å². The van der Waals surface area contributed by atoms with Crippen LogP contribution in [0.1, 0.15) is 9.67 Å². The average molecular weight is 296 g/mol. The van der Waals surface area contributed by atoms with Gasteiger partial charge in [-0.25, -0.2) is 4.98 Å². The molecule has 0 atom stereocenters. The quantitative estimate of drug-likeness (QED) is 0.773. The molecule has 0 bridgehead atoms. The van der Waals surface area contributed by atoms with Gasteiger partial charge in [0.25, 0.3) is 5.91 Å². The molecule has 1 amide bonds. The molecule has 0 aliphatic rings. The number of phenols is 1. The Labute approximate surface area is 125 Å². The monoisotopic (exact) mass is 296 g/mol. The van der Waals surface area contributed by atoms with Crippen molar-refractivity contribution in [2.24, 2.45) is 0 Å². The van der Waals surface area contributed by atoms with Crippen molar-refractivity contribution in [3.05, 3.63) is 65.0 Å². The summed E-state index contributed by atoms with van der Waals surface area (Å²) in [6.45, 7) is 0. The number of aromatic hydroxyl groups is 1. The molecule has 0 aliphatic carbocycles. The van der Waals surface area contributed by atoms with Crippen LogP contribution in [0.15, 0.2) is 60.1 Å². The first-order valence-electron chi connectivity index (χ1n) is 6.33. The third kappa shape index (κ3) is 2.93. The molecule has 4 nitrogen and oxygen atoms in total. The zero-order chi connectivity index (χ0) is 14.7. The average Bonchev–Trinajstić information content (AvgIpc) is 2.98. The summed E-state index contributed by atoms with van der Waals surface area (Å²) >= 11 is 1.29. The molecular formula is C16H12N2O2S. The lowest BCUT2D eigenvalue weighted by Gasteiger charge is -2.05. The van der Waals surface area contributed by atoms with Crippen molar-refractivity contribution < 1.29 is 9.90 Å². The Morgan fingerprint density at radius 1 is 1.10 bits per heavy atom. The molecule has 0 saturated carbocycles. The number of carbonyl (C=O) groups is 1. The Bertz CT molecular complexity index is 769. The summed E-state index contributed by atoms with van der Waals surface area (Å²) in [5, 5.41) is 12.2. The summed E-state index contributed by atoms with van der Waals surface area (Å²) in [6.07, 6.45) is 0. The van der Waals surface area contributed by atoms with E-state index in [9.17, 15) is 9.90 Å². The minimum absolute atomic E-state index is 0.111. The summed E-state index contributed by atoms with van der Waals surface area (Å²) in [5.74, 6) is -0.123. The number of aromatic nitrogens is 1. The Morgan fingerprint density at radius 2 is 1.90 bits per heavy atom. The van der Waals surface area contributed by atoms with Gasteiger partial charge in [-0.15, -0.1) is 11.3 Å². The number of anilines is 1. The first kappa shape index (κ1) is 13.3. The number of hydrogen-bond donors (Lipinski definition) is 2. The molecule has 3 aromatic rings. The molecular weight excluding hydrogens is 284 g/mol. The zero-order valence-electron chi connectivity index (χ0n) is 11.0. The minimum atomic E-state index is -0.234. The van der Waals surface area contributed by atoms with Crippen LogP contribution in [0.3, 0.4) is 0 Å². The minimum Gasteiger partial charge on any atom is -0.508 e. The molecule has 0 spiro atoms. The van der Waals surface area contributed by atoms with Crippen molar-refractivity contribution in [1.29, 1.82) is 0 Å². The first-order valence-corrected chi connectivity index (χ1v) is 7.21. The van der Waals surface area contributed by atoms with E-state index in [1.165, 1.54) is 17.4 Å². The number of thiazole rings is 1. The van der Waals surface area contributed by atoms with E-state index in [1.54, 1.807) is 23.7 Å². The van der Waals surface area contributed by atoms with E-state index in [1.807, 2.05) is 30.3 Å². The van der Waals surface area contributed by atoms with Gasteiger partial charge in [-0.2, -0.15) is 0 Å². The van der Waals surface area contributed by atoms with Gasteiger partial charge in [-0.05, 0) is 12.1 Å². The van der Waals surface area contributed by atoms with Gasteiger partial charge in [-0.1, -0.05) is 36.4 Å². The van der Waals surface area contributed by atoms with Crippen LogP contribution < -0.4 is 5.32 Å². The second kappa shape index (κ2) is 5.76. The molecule has 3 rings (SSSR count). The standard InChI is InChI=1S/C16H12N2O2S/c19-13-8-4-7-12(9-13)18-16(20)15-14(17-10-21-15)11-5-2-1-3-6-11/h1-10,19H,(H,18,20). The summed E-state index contributed by atoms with van der Waals surface area (Å²) in [4.78, 5) is 17.2. The molecule has 1 aromatic heterocycles. The van der Waals surface area contributed by atoms with Crippen molar-refractivity contribution in [1.82, 2.24) is 4.98 Å². The molecule has 2 N–H and O–H groups in total. The van der Waals surface area contributed by atoms with Gasteiger partial charge in [0.15, 0.2) is 0 Å². The molecule has 0 fully saturated rings. The SMILES string of the molecule is O=C(Nc1cccc(O)c1)c1scnc1-c1ccccc1. The summed E-state index contributed by atoms with van der Waals surface area (Å²) in [7, 11) is 0. The zero-order valence-corrected chi connectivity index (χ0v) is 11.8. The van der Waals surface area contributed by atoms with Crippen LogP contribution >= 0.6 is 11.3 Å². The van der Waals surface area contributed by atoms with Crippen molar-refractivity contribution in [2.45, 2.75) is 0 Å². The smallest absolute Gasteiger partial charge is 0.268 e. The highest BCUT2D eigenvalue weighted by molar-refractivity contribution is 7.12. The molecule has 0 saturated heterocycles. The van der Waals surface area contributed by atoms with Gasteiger partial charge < -0.3 is 10.4 Å². The van der Waals surface area contributed by atoms with E-state index in [4.69, 9.17) is 0 Å². The fourth-order valence-electron chi connectivity index (χ4n) is 1.98. The highest BCUT2D eigenvalue weighted by atomic mass is 32.1. The van der Waals surface area contributed by atoms with Crippen LogP contribution in [0.2, 0.25) is 0 Å². The Hall–Kier alpha value is -2.66. The van der Waals surface area contributed by atoms with Gasteiger partial charge in [0, 0.05) is 17.3 Å². The number of amides is 1. The maximum absolute atomic E-state index is 12.4. The first-order chi connectivity index (χ1) is 10.2. The third-order valence-electron chi connectivity index (χ3n) is 2.92. The Balaban J connectivity index is 1.88. The fourth-order valence-corrected chi connectivity index (χ4v) is 2.68. The molecule has 21 heavy (non-hydrogen) atoms. The van der Waals surface area contributed by atoms with E-state index in [0.29, 0.717) is 16.3 Å². The van der Waals surface area contributed by atoms with Gasteiger partial charge in [0.2, 0.25) is 0 Å². The molecule has 0 unspecified atom stereocenters. The number of nitrogens with one attached hydrogen (secondary N) is 1. The maximum Gasteiger partial charge on any atom is 0.268 e. The molecule has 104 valence electrons. The number of phenolic OH excluding ortho intramolecular Hbond substituents is 1. The summed E-state index contributed by atoms with van der Waals surface area (Å²) < 4.78 is 0. The van der Waals surface area contributed by atoms with Crippen molar-refractivity contribution >= 4 is 22.9 Å². The van der Waals surface area contributed by atoms with Gasteiger partial charge >= 0.3 is 0 Å². The molecule has 0 aliphatic heterocycles. The molecule has 5 heteroatoms. The number of nitrogens with zero attached hydrogens (tertiary/aromatic N) is 1. The highest BCUT2D eigenvalue weighted by Gasteiger charge is 2.16. The number of rotatable bonds is 3. The normalized spacial score (nSPS) is 10.3. The second-order valence-electron chi connectivity index (χ2n) is 4.40. The van der Waals surface area contributed by atoms with E-state index in [-0.39, 0.29) is 11.7 Å². The van der Waals surface area contributed by atoms with Gasteiger partial charge in [0.1, 0.15) is 10.6 Å². The third-order valence-corrected chi connectivity index (χ3v) is 3.75. The van der Waals surface area contributed by atoms with Crippen LogP contribution in [0.5, 0.6) is 5.75 Å². The number of carbonyl (C=O) groups excluding carboxylic acids is 1. The fraction of sp³-hybridized carbons (Fsp3) is 0. The van der Waals surface area contributed by atoms with Gasteiger partial charge in [-0.3, -0.25) is 4.79 Å². The van der Waals surface area contributed by atoms with Crippen LogP contribution in [-0.2, 0) is 0 Å². The lowest BCUT2D eigenvalue weighted by molar-refractivity contribution is 0.103. The van der Waals surface area contributed by atoms with E-state index < -0.39 is 0 Å². The van der Waals surface area contributed by atoms with E-state index in [0.717, 1.165) is 5.56 Å². The maximum atomic E-state index is 12.4. The van der Waals surface area contributed by atoms with Crippen molar-refractivity contribution in [2.75, 3.05) is 5.32 Å². The van der Waals surface area contributed by atoms with Crippen molar-refractivity contribution in [3.8, 4) is 17.0 Å². The van der Waals surface area contributed by atoms with E-state index in [2.05, 4.69) is 10.3 Å². The number of hydrogen-bond acceptors (Lipinski definition) is 4. The molecule has 0 radical (unpaired) electrons. The number of benzene rings is 2. The van der Waals surface area contributed by atoms with Crippen LogP contribution in [0.4, 0.5) is 5.69 Å². The summed E-state index contributed by atoms with van der Waals surface area (Å²) in [6, 6.07) is 16.0. The van der Waals surface area contributed by atoms with Crippen LogP contribution in [0, 0.1) is 0 Å². The topological polar surface area (TPSA) is 62.2 Å². The lowest BCUT2D eigenvalue weighted by Crippen LogP contribution is -2.11. The predicted molar refractivity (Wildman–Crippen MR) is 83.6 cm³/mol. The summed E-state index contributed by atoms with van der Waals surface area (Å²) in [5.41, 5.74) is 3.77. The van der Waals surface area contributed by atoms with Crippen LogP contribution in [-0.4, -0.2) is 16.0 Å². The molecule has 2 aromatic carbocycles. The Morgan fingerprint density at radius 3 is 2.67 bits per heavy atom.